The Balaban J connectivity index is 0. The van der Waals surface area contributed by atoms with E-state index in [0.29, 0.717) is 0 Å². The van der Waals surface area contributed by atoms with Gasteiger partial charge in [0.15, 0.2) is 0 Å². The van der Waals surface area contributed by atoms with E-state index < -0.39 is 13.4 Å². The van der Waals surface area contributed by atoms with Crippen molar-refractivity contribution in [2.24, 2.45) is 0 Å². The lowest BCUT2D eigenvalue weighted by Gasteiger charge is -1.96. The maximum absolute atomic E-state index is 9.75. The highest BCUT2D eigenvalue weighted by molar-refractivity contribution is 6.50. The smallest absolute Gasteiger partial charge is 0.652 e. The van der Waals surface area contributed by atoms with Crippen LogP contribution in [-0.4, -0.2) is 13.4 Å². The lowest BCUT2D eigenvalue weighted by molar-refractivity contribution is -0.415. The molecule has 56 valence electrons. The van der Waals surface area contributed by atoms with Crippen LogP contribution in [0.2, 0.25) is 0 Å². The van der Waals surface area contributed by atoms with Crippen molar-refractivity contribution in [3.8, 4) is 0 Å². The van der Waals surface area contributed by atoms with E-state index in [0.717, 1.165) is 0 Å². The first-order valence-corrected chi connectivity index (χ1v) is 1.49. The predicted molar refractivity (Wildman–Crippen MR) is 15.6 cm³/mol. The molecule has 0 heterocycles. The summed E-state index contributed by atoms with van der Waals surface area (Å²) in [5.41, 5.74) is 0. The van der Waals surface area contributed by atoms with Gasteiger partial charge in [0.05, 0.1) is 0 Å². The van der Waals surface area contributed by atoms with Crippen LogP contribution in [0.3, 0.4) is 0 Å². The Morgan fingerprint density at radius 3 is 1.11 bits per heavy atom. The maximum Gasteiger partial charge on any atom is 0.673 e. The molecule has 0 aromatic carbocycles. The summed E-state index contributed by atoms with van der Waals surface area (Å²) in [6.07, 6.45) is -2.33. The first-order chi connectivity index (χ1) is 3.73. The van der Waals surface area contributed by atoms with Gasteiger partial charge in [0.2, 0.25) is 0 Å². The molecule has 0 amide bonds. The minimum atomic E-state index is -6.00. The number of carbonyl (C=O) groups excluding carboxylic acids is 1. The number of rotatable bonds is 0. The molecular formula is CBF4O3-3. The van der Waals surface area contributed by atoms with Gasteiger partial charge in [-0.1, -0.05) is 0 Å². The summed E-state index contributed by atoms with van der Waals surface area (Å²) in [7, 11) is -6.00. The second kappa shape index (κ2) is 3.99. The fourth-order valence-corrected chi connectivity index (χ4v) is 0. The minimum Gasteiger partial charge on any atom is -0.652 e. The van der Waals surface area contributed by atoms with Crippen molar-refractivity contribution in [2.75, 3.05) is 0 Å². The van der Waals surface area contributed by atoms with Crippen LogP contribution in [0.1, 0.15) is 0 Å². The third-order valence-corrected chi connectivity index (χ3v) is 0. The van der Waals surface area contributed by atoms with E-state index in [2.05, 4.69) is 0 Å². The zero-order chi connectivity index (χ0) is 8.08. The Morgan fingerprint density at radius 1 is 1.11 bits per heavy atom. The normalized spacial score (nSPS) is 9.33. The maximum atomic E-state index is 9.75. The van der Waals surface area contributed by atoms with E-state index in [9.17, 15) is 17.3 Å². The molecule has 0 spiro atoms. The van der Waals surface area contributed by atoms with E-state index in [1.807, 2.05) is 0 Å². The molecule has 0 saturated carbocycles. The Hall–Kier alpha value is -0.945. The van der Waals surface area contributed by atoms with E-state index in [1.54, 1.807) is 0 Å². The van der Waals surface area contributed by atoms with Crippen molar-refractivity contribution < 1.29 is 32.3 Å². The average Bonchev–Trinajstić information content (AvgIpc) is 1.19. The summed E-state index contributed by atoms with van der Waals surface area (Å²) >= 11 is 0. The molecule has 0 N–H and O–H groups in total. The topological polar surface area (TPSA) is 63.2 Å². The fraction of sp³-hybridized carbons (Fsp3) is 0. The van der Waals surface area contributed by atoms with Crippen LogP contribution in [0.25, 0.3) is 0 Å². The van der Waals surface area contributed by atoms with Gasteiger partial charge in [0, 0.05) is 0 Å². The summed E-state index contributed by atoms with van der Waals surface area (Å²) in [5.74, 6) is 0. The Kier molecular flexibility index (Phi) is 4.84. The lowest BCUT2D eigenvalue weighted by Crippen LogP contribution is -2.37. The average molecular weight is 147 g/mol. The molecule has 8 heteroatoms. The van der Waals surface area contributed by atoms with Crippen molar-refractivity contribution in [3.05, 3.63) is 0 Å². The molecule has 9 heavy (non-hydrogen) atoms. The van der Waals surface area contributed by atoms with E-state index in [1.165, 1.54) is 0 Å². The second-order valence-electron chi connectivity index (χ2n) is 0.745. The van der Waals surface area contributed by atoms with Crippen LogP contribution in [0.15, 0.2) is 0 Å². The Morgan fingerprint density at radius 2 is 1.11 bits per heavy atom. The Bertz CT molecular complexity index is 78.3. The van der Waals surface area contributed by atoms with Gasteiger partial charge >= 0.3 is 7.25 Å². The highest BCUT2D eigenvalue weighted by atomic mass is 19.5. The number of hydrogen-bond donors (Lipinski definition) is 0. The van der Waals surface area contributed by atoms with Gasteiger partial charge < -0.3 is 32.3 Å². The van der Waals surface area contributed by atoms with Crippen LogP contribution in [0.5, 0.6) is 0 Å². The van der Waals surface area contributed by atoms with Crippen LogP contribution >= 0.6 is 0 Å². The molecule has 0 aromatic heterocycles. The third kappa shape index (κ3) is 202. The summed E-state index contributed by atoms with van der Waals surface area (Å²) in [4.78, 5) is 8.33. The molecule has 0 saturated heterocycles. The largest absolute Gasteiger partial charge is 0.673 e. The number of carbonyl (C=O) groups is 1. The van der Waals surface area contributed by atoms with E-state index in [-0.39, 0.29) is 0 Å². The molecular weight excluding hydrogens is 147 g/mol. The molecule has 0 aromatic rings. The Labute approximate surface area is 47.0 Å². The second-order valence-corrected chi connectivity index (χ2v) is 0.745. The molecule has 0 fully saturated rings. The first-order valence-electron chi connectivity index (χ1n) is 1.49. The molecule has 0 aliphatic carbocycles. The quantitative estimate of drug-likeness (QED) is 0.321. The van der Waals surface area contributed by atoms with E-state index in [4.69, 9.17) is 15.0 Å². The van der Waals surface area contributed by atoms with Gasteiger partial charge in [-0.2, -0.15) is 0 Å². The minimum absolute atomic E-state index is 2.33. The van der Waals surface area contributed by atoms with Gasteiger partial charge in [-0.15, -0.1) is 0 Å². The molecule has 3 nitrogen and oxygen atoms in total. The summed E-state index contributed by atoms with van der Waals surface area (Å²) in [6, 6.07) is 0. The molecule has 0 aliphatic heterocycles. The van der Waals surface area contributed by atoms with Gasteiger partial charge in [-0.25, -0.2) is 0 Å². The standard InChI is InChI=1S/CH2O3.BF4/c2-1(3)4;2-1(3,4)5/h(H2,2,3,4);/q;-1/p-2. The third-order valence-electron chi connectivity index (χ3n) is 0. The zero-order valence-electron chi connectivity index (χ0n) is 3.81. The van der Waals surface area contributed by atoms with Crippen molar-refractivity contribution >= 4 is 13.4 Å². The highest BCUT2D eigenvalue weighted by Crippen LogP contribution is 2.06. The molecule has 0 aliphatic rings. The van der Waals surface area contributed by atoms with Gasteiger partial charge in [-0.3, -0.25) is 0 Å². The highest BCUT2D eigenvalue weighted by Gasteiger charge is 2.20. The molecule has 0 rings (SSSR count). The molecule has 0 radical (unpaired) electrons. The van der Waals surface area contributed by atoms with Gasteiger partial charge in [-0.05, 0) is 6.16 Å². The van der Waals surface area contributed by atoms with Crippen molar-refractivity contribution in [1.29, 1.82) is 0 Å². The van der Waals surface area contributed by atoms with Crippen molar-refractivity contribution in [1.82, 2.24) is 0 Å². The predicted octanol–water partition coefficient (Wildman–Crippen LogP) is -1.15. The monoisotopic (exact) mass is 147 g/mol. The molecule has 0 atom stereocenters. The summed E-state index contributed by atoms with van der Waals surface area (Å²) < 4.78 is 39.0. The van der Waals surface area contributed by atoms with Gasteiger partial charge in [0.1, 0.15) is 0 Å². The SMILES string of the molecule is F[B-](F)(F)F.O=C([O-])[O-]. The lowest BCUT2D eigenvalue weighted by atomic mass is 10.3. The fourth-order valence-electron chi connectivity index (χ4n) is 0. The summed E-state index contributed by atoms with van der Waals surface area (Å²) in [5, 5.41) is 16.7. The van der Waals surface area contributed by atoms with Crippen LogP contribution < -0.4 is 10.2 Å². The zero-order valence-corrected chi connectivity index (χ0v) is 3.81. The van der Waals surface area contributed by atoms with Crippen molar-refractivity contribution in [3.63, 3.8) is 0 Å². The number of hydrogen-bond acceptors (Lipinski definition) is 3. The number of halogens is 4. The van der Waals surface area contributed by atoms with E-state index >= 15 is 0 Å². The number of carboxylic acid groups (broad SMARTS) is 2. The van der Waals surface area contributed by atoms with Crippen LogP contribution in [-0.2, 0) is 0 Å². The summed E-state index contributed by atoms with van der Waals surface area (Å²) in [6.45, 7) is 0. The molecule has 0 unspecified atom stereocenters. The van der Waals surface area contributed by atoms with Gasteiger partial charge in [0.25, 0.3) is 0 Å². The van der Waals surface area contributed by atoms with Crippen molar-refractivity contribution in [2.45, 2.75) is 0 Å². The van der Waals surface area contributed by atoms with Crippen LogP contribution in [0, 0.1) is 0 Å². The molecule has 0 bridgehead atoms. The first kappa shape index (κ1) is 10.9. The van der Waals surface area contributed by atoms with Crippen LogP contribution in [0.4, 0.5) is 22.1 Å².